The molecular weight excluding hydrogens is 536 g/mol. The first kappa shape index (κ1) is 27.4. The Kier molecular flexibility index (Phi) is 6.85. The van der Waals surface area contributed by atoms with Gasteiger partial charge < -0.3 is 34.6 Å². The molecule has 4 aliphatic heterocycles. The summed E-state index contributed by atoms with van der Waals surface area (Å²) in [7, 11) is 0. The Balaban J connectivity index is 1.48. The lowest BCUT2D eigenvalue weighted by molar-refractivity contribution is -0.128. The van der Waals surface area contributed by atoms with Gasteiger partial charge in [0.05, 0.1) is 30.9 Å². The number of halogens is 2. The summed E-state index contributed by atoms with van der Waals surface area (Å²) in [5, 5.41) is 14.1. The minimum Gasteiger partial charge on any atom is -0.507 e. The van der Waals surface area contributed by atoms with Gasteiger partial charge in [-0.2, -0.15) is 0 Å². The second kappa shape index (κ2) is 10.3. The third-order valence-electron chi connectivity index (χ3n) is 8.41. The summed E-state index contributed by atoms with van der Waals surface area (Å²) >= 11 is 0. The van der Waals surface area contributed by atoms with Gasteiger partial charge in [0.25, 0.3) is 5.91 Å². The number of nitrogens with zero attached hydrogens (tertiary/aromatic N) is 4. The summed E-state index contributed by atoms with van der Waals surface area (Å²) < 4.78 is 42.7. The molecule has 218 valence electrons. The first-order valence-corrected chi connectivity index (χ1v) is 13.8. The van der Waals surface area contributed by atoms with Gasteiger partial charge in [-0.25, -0.2) is 13.8 Å². The minimum atomic E-state index is -1.03. The maximum atomic E-state index is 16.3. The Morgan fingerprint density at radius 1 is 1.17 bits per heavy atom. The fourth-order valence-electron chi connectivity index (χ4n) is 6.28. The van der Waals surface area contributed by atoms with E-state index in [-0.39, 0.29) is 54.8 Å². The highest BCUT2D eigenvalue weighted by molar-refractivity contribution is 6.03. The number of phenols is 1. The van der Waals surface area contributed by atoms with Crippen molar-refractivity contribution in [1.29, 1.82) is 0 Å². The number of rotatable bonds is 5. The van der Waals surface area contributed by atoms with E-state index >= 15 is 8.78 Å². The van der Waals surface area contributed by atoms with E-state index in [1.54, 1.807) is 9.80 Å². The number of hydrogen-bond donors (Lipinski definition) is 2. The lowest BCUT2D eigenvalue weighted by Crippen LogP contribution is -2.57. The van der Waals surface area contributed by atoms with Crippen LogP contribution in [0.2, 0.25) is 0 Å². The van der Waals surface area contributed by atoms with Crippen LogP contribution >= 0.6 is 0 Å². The van der Waals surface area contributed by atoms with E-state index in [9.17, 15) is 14.7 Å². The molecule has 2 aromatic rings. The molecule has 0 spiro atoms. The molecule has 1 aromatic carbocycles. The molecule has 0 bridgehead atoms. The van der Waals surface area contributed by atoms with E-state index in [0.29, 0.717) is 32.7 Å². The number of phenolic OH excluding ortho intramolecular Hbond substituents is 1. The lowest BCUT2D eigenvalue weighted by atomic mass is 9.98. The van der Waals surface area contributed by atoms with Crippen molar-refractivity contribution in [2.75, 3.05) is 50.9 Å². The molecule has 41 heavy (non-hydrogen) atoms. The summed E-state index contributed by atoms with van der Waals surface area (Å²) in [6.07, 6.45) is 1.92. The third-order valence-corrected chi connectivity index (χ3v) is 8.41. The van der Waals surface area contributed by atoms with E-state index in [0.717, 1.165) is 6.07 Å². The molecule has 1 aromatic heterocycles. The van der Waals surface area contributed by atoms with E-state index in [2.05, 4.69) is 16.9 Å². The molecule has 2 amide bonds. The highest BCUT2D eigenvalue weighted by Crippen LogP contribution is 2.45. The van der Waals surface area contributed by atoms with Crippen LogP contribution in [0.3, 0.4) is 0 Å². The predicted molar refractivity (Wildman–Crippen MR) is 146 cm³/mol. The van der Waals surface area contributed by atoms with Crippen molar-refractivity contribution < 1.29 is 33.0 Å². The molecule has 12 heteroatoms. The van der Waals surface area contributed by atoms with Gasteiger partial charge in [0.15, 0.2) is 11.6 Å². The number of nitrogens with one attached hydrogen (secondary N) is 1. The van der Waals surface area contributed by atoms with E-state index in [4.69, 9.17) is 9.47 Å². The maximum absolute atomic E-state index is 16.3. The number of ether oxygens (including phenoxy) is 2. The molecular formula is C29H33F2N5O5. The number of hydrogen-bond acceptors (Lipinski definition) is 8. The van der Waals surface area contributed by atoms with Gasteiger partial charge >= 0.3 is 0 Å². The fraction of sp³-hybridized carbons (Fsp3) is 0.483. The number of anilines is 1. The number of piperazine rings is 1. The molecule has 1 unspecified atom stereocenters. The van der Waals surface area contributed by atoms with Gasteiger partial charge in [-0.15, -0.1) is 0 Å². The summed E-state index contributed by atoms with van der Waals surface area (Å²) in [6, 6.07) is 3.40. The van der Waals surface area contributed by atoms with Gasteiger partial charge in [-0.1, -0.05) is 12.6 Å². The Labute approximate surface area is 236 Å². The monoisotopic (exact) mass is 569 g/mol. The number of fused-ring (bicyclic) bond motifs is 2. The first-order chi connectivity index (χ1) is 19.6. The lowest BCUT2D eigenvalue weighted by Gasteiger charge is -2.40. The van der Waals surface area contributed by atoms with Gasteiger partial charge in [0.2, 0.25) is 5.91 Å². The molecule has 0 radical (unpaired) electrons. The molecule has 2 N–H and O–H groups in total. The molecule has 6 rings (SSSR count). The van der Waals surface area contributed by atoms with Crippen LogP contribution in [-0.2, 0) is 9.53 Å². The van der Waals surface area contributed by atoms with Crippen LogP contribution in [-0.4, -0.2) is 101 Å². The summed E-state index contributed by atoms with van der Waals surface area (Å²) in [6.45, 7) is 9.87. The van der Waals surface area contributed by atoms with Crippen LogP contribution in [0.15, 0.2) is 30.9 Å². The number of carbonyl (C=O) groups excluding carboxylic acids is 2. The largest absolute Gasteiger partial charge is 0.507 e. The highest BCUT2D eigenvalue weighted by atomic mass is 19.1. The molecule has 4 aliphatic rings. The summed E-state index contributed by atoms with van der Waals surface area (Å²) in [4.78, 5) is 36.2. The Morgan fingerprint density at radius 3 is 2.63 bits per heavy atom. The average molecular weight is 570 g/mol. The topological polar surface area (TPSA) is 107 Å². The maximum Gasteiger partial charge on any atom is 0.262 e. The molecule has 0 aliphatic carbocycles. The SMILES string of the molecule is C=CC(=O)N1CCN2C(=O)c3c(N4CC(NC5COC5)CC4(C)C)nc(-c4c(O)cccc4F)c(F)c3OC[C@H]2C1. The average Bonchev–Trinajstić information content (AvgIpc) is 3.14. The van der Waals surface area contributed by atoms with Gasteiger partial charge in [-0.05, 0) is 38.5 Å². The standard InChI is InChI=1S/C29H33F2N5O5/c1-4-21(38)34-8-9-35-18(12-34)15-41-26-23(28(35)39)27(33-25(24(26)31)22-19(30)6-5-7-20(22)37)36-11-16(10-29(36,2)3)32-17-13-40-14-17/h4-7,16-18,32,37H,1,8-15H2,2-3H3/t16?,18-/m1/s1. The molecule has 3 fully saturated rings. The number of aromatic nitrogens is 1. The Morgan fingerprint density at radius 2 is 1.95 bits per heavy atom. The molecule has 10 nitrogen and oxygen atoms in total. The van der Waals surface area contributed by atoms with Crippen molar-refractivity contribution in [3.05, 3.63) is 48.1 Å². The van der Waals surface area contributed by atoms with Crippen LogP contribution in [0.5, 0.6) is 11.5 Å². The van der Waals surface area contributed by atoms with Crippen molar-refractivity contribution in [3.8, 4) is 22.8 Å². The number of amides is 2. The van der Waals surface area contributed by atoms with Crippen molar-refractivity contribution >= 4 is 17.6 Å². The van der Waals surface area contributed by atoms with Crippen molar-refractivity contribution in [1.82, 2.24) is 20.1 Å². The van der Waals surface area contributed by atoms with Crippen LogP contribution in [0.1, 0.15) is 30.6 Å². The minimum absolute atomic E-state index is 0.0368. The molecule has 2 atom stereocenters. The van der Waals surface area contributed by atoms with Gasteiger partial charge in [0.1, 0.15) is 35.2 Å². The zero-order valence-electron chi connectivity index (χ0n) is 23.0. The Bertz CT molecular complexity index is 1390. The van der Waals surface area contributed by atoms with E-state index in [1.807, 2.05) is 18.7 Å². The number of carbonyl (C=O) groups is 2. The predicted octanol–water partition coefficient (Wildman–Crippen LogP) is 2.31. The number of aromatic hydroxyl groups is 1. The van der Waals surface area contributed by atoms with Crippen molar-refractivity contribution in [3.63, 3.8) is 0 Å². The van der Waals surface area contributed by atoms with Crippen LogP contribution in [0, 0.1) is 11.6 Å². The van der Waals surface area contributed by atoms with Gasteiger partial charge in [-0.3, -0.25) is 9.59 Å². The highest BCUT2D eigenvalue weighted by Gasteiger charge is 2.46. The number of pyridine rings is 1. The van der Waals surface area contributed by atoms with Crippen molar-refractivity contribution in [2.45, 2.75) is 43.9 Å². The van der Waals surface area contributed by atoms with Gasteiger partial charge in [0, 0.05) is 37.8 Å². The second-order valence-electron chi connectivity index (χ2n) is 11.6. The Hall–Kier alpha value is -3.77. The van der Waals surface area contributed by atoms with Crippen LogP contribution in [0.4, 0.5) is 14.6 Å². The third kappa shape index (κ3) is 4.68. The van der Waals surface area contributed by atoms with Crippen LogP contribution < -0.4 is 15.0 Å². The second-order valence-corrected chi connectivity index (χ2v) is 11.6. The van der Waals surface area contributed by atoms with Crippen LogP contribution in [0.25, 0.3) is 11.3 Å². The zero-order chi connectivity index (χ0) is 29.1. The van der Waals surface area contributed by atoms with E-state index in [1.165, 1.54) is 18.2 Å². The van der Waals surface area contributed by atoms with Crippen molar-refractivity contribution in [2.24, 2.45) is 0 Å². The molecule has 3 saturated heterocycles. The summed E-state index contributed by atoms with van der Waals surface area (Å²) in [5.41, 5.74) is -1.41. The smallest absolute Gasteiger partial charge is 0.262 e. The first-order valence-electron chi connectivity index (χ1n) is 13.8. The molecule has 0 saturated carbocycles. The summed E-state index contributed by atoms with van der Waals surface area (Å²) in [5.74, 6) is -3.29. The number of benzene rings is 1. The zero-order valence-corrected chi connectivity index (χ0v) is 23.0. The normalized spacial score (nSPS) is 23.8. The quantitative estimate of drug-likeness (QED) is 0.529. The van der Waals surface area contributed by atoms with E-state index < -0.39 is 46.1 Å². The fourth-order valence-corrected chi connectivity index (χ4v) is 6.28. The molecule has 5 heterocycles.